The van der Waals surface area contributed by atoms with E-state index in [2.05, 4.69) is 0 Å². The Hall–Kier alpha value is -2.53. The molecule has 0 aliphatic carbocycles. The molecular weight excluding hydrogens is 318 g/mol. The second kappa shape index (κ2) is 6.71. The summed E-state index contributed by atoms with van der Waals surface area (Å²) >= 11 is 1.04. The molecule has 0 radical (unpaired) electrons. The first-order valence-corrected chi connectivity index (χ1v) is 7.70. The van der Waals surface area contributed by atoms with Crippen molar-refractivity contribution in [3.63, 3.8) is 0 Å². The van der Waals surface area contributed by atoms with E-state index in [4.69, 9.17) is 4.74 Å². The Bertz CT molecular complexity index is 805. The first-order chi connectivity index (χ1) is 11.2. The van der Waals surface area contributed by atoms with Crippen LogP contribution in [0.5, 0.6) is 5.75 Å². The monoisotopic (exact) mass is 330 g/mol. The minimum Gasteiger partial charge on any atom is -0.489 e. The second-order valence-electron chi connectivity index (χ2n) is 4.86. The molecule has 1 aromatic heterocycles. The summed E-state index contributed by atoms with van der Waals surface area (Å²) in [6.07, 6.45) is 0.654. The second-order valence-corrected chi connectivity index (χ2v) is 5.97. The van der Waals surface area contributed by atoms with Gasteiger partial charge < -0.3 is 4.74 Å². The van der Waals surface area contributed by atoms with Crippen molar-refractivity contribution in [2.24, 2.45) is 0 Å². The molecule has 5 heteroatoms. The summed E-state index contributed by atoms with van der Waals surface area (Å²) in [5, 5.41) is 0. The van der Waals surface area contributed by atoms with Gasteiger partial charge in [-0.1, -0.05) is 30.3 Å². The summed E-state index contributed by atoms with van der Waals surface area (Å²) < 4.78 is 33.9. The summed E-state index contributed by atoms with van der Waals surface area (Å²) in [5.41, 5.74) is 0.765. The van der Waals surface area contributed by atoms with E-state index in [0.717, 1.165) is 29.0 Å². The fourth-order valence-electron chi connectivity index (χ4n) is 2.16. The molecule has 0 aliphatic heterocycles. The molecule has 116 valence electrons. The van der Waals surface area contributed by atoms with Crippen molar-refractivity contribution in [2.45, 2.75) is 6.61 Å². The Morgan fingerprint density at radius 3 is 2.30 bits per heavy atom. The average molecular weight is 330 g/mol. The number of thiophene rings is 1. The van der Waals surface area contributed by atoms with Gasteiger partial charge in [0.05, 0.1) is 10.4 Å². The number of hydrogen-bond acceptors (Lipinski definition) is 3. The van der Waals surface area contributed by atoms with Crippen molar-refractivity contribution >= 4 is 17.6 Å². The molecular formula is C18H12F2O2S. The molecule has 0 bridgehead atoms. The predicted octanol–water partition coefficient (Wildman–Crippen LogP) is 5.08. The normalized spacial score (nSPS) is 10.5. The maximum absolute atomic E-state index is 14.2. The minimum absolute atomic E-state index is 0.125. The van der Waals surface area contributed by atoms with Gasteiger partial charge >= 0.3 is 0 Å². The average Bonchev–Trinajstić information content (AvgIpc) is 3.02. The molecule has 0 saturated carbocycles. The molecule has 0 fully saturated rings. The predicted molar refractivity (Wildman–Crippen MR) is 85.8 cm³/mol. The van der Waals surface area contributed by atoms with Crippen LogP contribution in [0.1, 0.15) is 15.2 Å². The third-order valence-corrected chi connectivity index (χ3v) is 4.28. The number of halogens is 2. The fourth-order valence-corrected chi connectivity index (χ4v) is 3.03. The fraction of sp³-hybridized carbons (Fsp3) is 0.0556. The highest BCUT2D eigenvalue weighted by Crippen LogP contribution is 2.34. The van der Waals surface area contributed by atoms with E-state index in [0.29, 0.717) is 16.0 Å². The summed E-state index contributed by atoms with van der Waals surface area (Å²) in [6.45, 7) is 0.230. The number of carbonyl (C=O) groups excluding carboxylic acids is 1. The Morgan fingerprint density at radius 1 is 1.00 bits per heavy atom. The Balaban J connectivity index is 1.84. The van der Waals surface area contributed by atoms with E-state index < -0.39 is 11.6 Å². The van der Waals surface area contributed by atoms with Gasteiger partial charge in [0.1, 0.15) is 24.0 Å². The van der Waals surface area contributed by atoms with Crippen LogP contribution in [0.15, 0.2) is 54.6 Å². The minimum atomic E-state index is -0.715. The number of hydrogen-bond donors (Lipinski definition) is 0. The third kappa shape index (κ3) is 3.46. The first-order valence-electron chi connectivity index (χ1n) is 6.88. The van der Waals surface area contributed by atoms with Crippen LogP contribution in [0.4, 0.5) is 8.78 Å². The Kier molecular flexibility index (Phi) is 4.48. The molecule has 0 atom stereocenters. The lowest BCUT2D eigenvalue weighted by molar-refractivity contribution is 0.112. The van der Waals surface area contributed by atoms with Crippen LogP contribution < -0.4 is 4.74 Å². The Labute approximate surface area is 136 Å². The van der Waals surface area contributed by atoms with Crippen LogP contribution in [-0.4, -0.2) is 6.29 Å². The zero-order valence-corrected chi connectivity index (χ0v) is 12.8. The molecule has 0 spiro atoms. The molecule has 3 aromatic rings. The van der Waals surface area contributed by atoms with Gasteiger partial charge in [-0.25, -0.2) is 8.78 Å². The van der Waals surface area contributed by atoms with Gasteiger partial charge in [-0.3, -0.25) is 4.79 Å². The topological polar surface area (TPSA) is 26.3 Å². The summed E-state index contributed by atoms with van der Waals surface area (Å²) in [4.78, 5) is 11.5. The van der Waals surface area contributed by atoms with Crippen molar-refractivity contribution in [1.82, 2.24) is 0 Å². The molecule has 2 aromatic carbocycles. The molecule has 0 amide bonds. The summed E-state index contributed by atoms with van der Waals surface area (Å²) in [6, 6.07) is 14.7. The lowest BCUT2D eigenvalue weighted by atomic mass is 10.1. The quantitative estimate of drug-likeness (QED) is 0.610. The molecule has 2 nitrogen and oxygen atoms in total. The number of rotatable bonds is 5. The number of carbonyl (C=O) groups is 1. The maximum Gasteiger partial charge on any atom is 0.160 e. The van der Waals surface area contributed by atoms with E-state index in [-0.39, 0.29) is 17.9 Å². The smallest absolute Gasteiger partial charge is 0.160 e. The first kappa shape index (κ1) is 15.4. The molecule has 0 saturated heterocycles. The van der Waals surface area contributed by atoms with Crippen LogP contribution in [0.3, 0.4) is 0 Å². The molecule has 0 unspecified atom stereocenters. The highest BCUT2D eigenvalue weighted by atomic mass is 32.1. The van der Waals surface area contributed by atoms with Gasteiger partial charge in [0, 0.05) is 17.0 Å². The highest BCUT2D eigenvalue weighted by molar-refractivity contribution is 7.17. The van der Waals surface area contributed by atoms with Crippen molar-refractivity contribution in [2.75, 3.05) is 0 Å². The van der Waals surface area contributed by atoms with Crippen LogP contribution in [0.25, 0.3) is 10.4 Å². The van der Waals surface area contributed by atoms with E-state index in [1.165, 1.54) is 12.1 Å². The lowest BCUT2D eigenvalue weighted by Crippen LogP contribution is -1.97. The van der Waals surface area contributed by atoms with Crippen LogP contribution in [0.2, 0.25) is 0 Å². The van der Waals surface area contributed by atoms with Gasteiger partial charge in [-0.2, -0.15) is 0 Å². The van der Waals surface area contributed by atoms with E-state index in [1.807, 2.05) is 30.3 Å². The van der Waals surface area contributed by atoms with Crippen molar-refractivity contribution in [3.05, 3.63) is 76.7 Å². The van der Waals surface area contributed by atoms with Gasteiger partial charge in [-0.05, 0) is 17.7 Å². The van der Waals surface area contributed by atoms with Crippen LogP contribution >= 0.6 is 11.3 Å². The maximum atomic E-state index is 14.2. The van der Waals surface area contributed by atoms with E-state index in [9.17, 15) is 13.6 Å². The Morgan fingerprint density at radius 2 is 1.70 bits per heavy atom. The number of ether oxygens (including phenoxy) is 1. The summed E-state index contributed by atoms with van der Waals surface area (Å²) in [7, 11) is 0. The van der Waals surface area contributed by atoms with Gasteiger partial charge in [0.25, 0.3) is 0 Å². The zero-order valence-electron chi connectivity index (χ0n) is 12.0. The molecule has 0 aliphatic rings. The molecule has 1 heterocycles. The summed E-state index contributed by atoms with van der Waals surface area (Å²) in [5.74, 6) is -1.31. The third-order valence-electron chi connectivity index (χ3n) is 3.25. The van der Waals surface area contributed by atoms with E-state index >= 15 is 0 Å². The van der Waals surface area contributed by atoms with Crippen LogP contribution in [0, 0.1) is 11.6 Å². The highest BCUT2D eigenvalue weighted by Gasteiger charge is 2.16. The lowest BCUT2D eigenvalue weighted by Gasteiger charge is -2.09. The molecule has 23 heavy (non-hydrogen) atoms. The zero-order chi connectivity index (χ0) is 16.2. The van der Waals surface area contributed by atoms with Crippen molar-refractivity contribution < 1.29 is 18.3 Å². The largest absolute Gasteiger partial charge is 0.489 e. The number of aldehydes is 1. The van der Waals surface area contributed by atoms with Crippen molar-refractivity contribution in [3.8, 4) is 16.2 Å². The standard InChI is InChI=1S/C18H12F2O2S/c19-15-8-13(22-11-12-4-2-1-3-5-12)9-16(20)18(15)17-7-6-14(10-21)23-17/h1-10H,11H2. The number of benzene rings is 2. The van der Waals surface area contributed by atoms with E-state index in [1.54, 1.807) is 0 Å². The van der Waals surface area contributed by atoms with Crippen molar-refractivity contribution in [1.29, 1.82) is 0 Å². The van der Waals surface area contributed by atoms with Gasteiger partial charge in [0.15, 0.2) is 6.29 Å². The molecule has 0 N–H and O–H groups in total. The molecule has 3 rings (SSSR count). The SMILES string of the molecule is O=Cc1ccc(-c2c(F)cc(OCc3ccccc3)cc2F)s1. The van der Waals surface area contributed by atoms with Gasteiger partial charge in [-0.15, -0.1) is 11.3 Å². The van der Waals surface area contributed by atoms with Gasteiger partial charge in [0.2, 0.25) is 0 Å². The van der Waals surface area contributed by atoms with Crippen LogP contribution in [-0.2, 0) is 6.61 Å².